The Balaban J connectivity index is 2.17. The second-order valence-electron chi connectivity index (χ2n) is 8.85. The molecule has 0 aliphatic carbocycles. The first kappa shape index (κ1) is 22.4. The lowest BCUT2D eigenvalue weighted by Gasteiger charge is -2.22. The van der Waals surface area contributed by atoms with Crippen LogP contribution in [-0.4, -0.2) is 0 Å². The molecule has 28 heavy (non-hydrogen) atoms. The molecule has 0 amide bonds. The van der Waals surface area contributed by atoms with Crippen molar-refractivity contribution in [1.29, 1.82) is 0 Å². The minimum Gasteiger partial charge on any atom is -0.341 e. The van der Waals surface area contributed by atoms with Crippen LogP contribution in [0.5, 0.6) is 0 Å². The van der Waals surface area contributed by atoms with Gasteiger partial charge in [0.05, 0.1) is 0 Å². The molecule has 0 heterocycles. The molecule has 2 aromatic carbocycles. The number of hydrogen-bond acceptors (Lipinski definition) is 3. The number of para-hydroxylation sites is 1. The van der Waals surface area contributed by atoms with Crippen LogP contribution in [-0.2, 0) is 5.41 Å². The van der Waals surface area contributed by atoms with Crippen LogP contribution in [0.1, 0.15) is 77.0 Å². The van der Waals surface area contributed by atoms with Gasteiger partial charge in [0.1, 0.15) is 11.6 Å². The van der Waals surface area contributed by atoms with Gasteiger partial charge in [-0.1, -0.05) is 73.2 Å². The van der Waals surface area contributed by atoms with Crippen molar-refractivity contribution in [3.05, 3.63) is 71.3 Å². The molecule has 0 saturated heterocycles. The molecule has 152 valence electrons. The lowest BCUT2D eigenvalue weighted by molar-refractivity contribution is 0.568. The normalized spacial score (nSPS) is 11.8. The third-order valence-electron chi connectivity index (χ3n) is 4.68. The van der Waals surface area contributed by atoms with Crippen molar-refractivity contribution in [3.63, 3.8) is 0 Å². The highest BCUT2D eigenvalue weighted by Gasteiger charge is 2.17. The lowest BCUT2D eigenvalue weighted by atomic mass is 9.87. The SMILES string of the molecule is C=C(NSc1cc(F)cc(C(C)(C)C)c1)Nc1c(C(C)C)cccc1C(C)C. The standard InChI is InChI=1S/C24H33FN2S/c1-15(2)21-10-9-11-22(16(3)4)23(21)26-17(5)27-28-20-13-18(24(6,7)8)12-19(25)14-20/h9-16,26-27H,5H2,1-4,6-8H3. The van der Waals surface area contributed by atoms with Crippen molar-refractivity contribution < 1.29 is 4.39 Å². The van der Waals surface area contributed by atoms with E-state index in [0.717, 1.165) is 16.1 Å². The molecule has 2 aromatic rings. The predicted octanol–water partition coefficient (Wildman–Crippen LogP) is 7.55. The van der Waals surface area contributed by atoms with Crippen LogP contribution in [0.3, 0.4) is 0 Å². The van der Waals surface area contributed by atoms with Crippen molar-refractivity contribution in [3.8, 4) is 0 Å². The van der Waals surface area contributed by atoms with Gasteiger partial charge in [-0.3, -0.25) is 0 Å². The highest BCUT2D eigenvalue weighted by molar-refractivity contribution is 7.97. The van der Waals surface area contributed by atoms with Crippen LogP contribution in [0.2, 0.25) is 0 Å². The Morgan fingerprint density at radius 3 is 2.07 bits per heavy atom. The molecule has 0 bridgehead atoms. The van der Waals surface area contributed by atoms with Crippen molar-refractivity contribution in [2.45, 2.75) is 70.6 Å². The fourth-order valence-corrected chi connectivity index (χ4v) is 3.70. The summed E-state index contributed by atoms with van der Waals surface area (Å²) in [7, 11) is 0. The molecule has 2 nitrogen and oxygen atoms in total. The van der Waals surface area contributed by atoms with Crippen LogP contribution in [0.15, 0.2) is 53.7 Å². The van der Waals surface area contributed by atoms with Gasteiger partial charge in [0.2, 0.25) is 0 Å². The Morgan fingerprint density at radius 2 is 1.57 bits per heavy atom. The second-order valence-corrected chi connectivity index (χ2v) is 9.73. The minimum absolute atomic E-state index is 0.102. The van der Waals surface area contributed by atoms with Crippen LogP contribution in [0.4, 0.5) is 10.1 Å². The van der Waals surface area contributed by atoms with E-state index in [0.29, 0.717) is 17.7 Å². The molecule has 4 heteroatoms. The van der Waals surface area contributed by atoms with E-state index in [1.54, 1.807) is 12.1 Å². The topological polar surface area (TPSA) is 24.1 Å². The summed E-state index contributed by atoms with van der Waals surface area (Å²) in [5.41, 5.74) is 4.51. The first-order valence-electron chi connectivity index (χ1n) is 9.81. The molecule has 0 spiro atoms. The third kappa shape index (κ3) is 5.78. The first-order valence-corrected chi connectivity index (χ1v) is 10.6. The zero-order chi connectivity index (χ0) is 21.1. The summed E-state index contributed by atoms with van der Waals surface area (Å²) >= 11 is 1.37. The monoisotopic (exact) mass is 400 g/mol. The van der Waals surface area contributed by atoms with Crippen molar-refractivity contribution in [1.82, 2.24) is 4.72 Å². The molecular formula is C24H33FN2S. The van der Waals surface area contributed by atoms with E-state index >= 15 is 0 Å². The average molecular weight is 401 g/mol. The molecule has 0 fully saturated rings. The number of hydrogen-bond donors (Lipinski definition) is 2. The fourth-order valence-electron chi connectivity index (χ4n) is 3.05. The number of anilines is 1. The maximum atomic E-state index is 14.0. The Kier molecular flexibility index (Phi) is 7.22. The summed E-state index contributed by atoms with van der Waals surface area (Å²) in [6, 6.07) is 11.6. The van der Waals surface area contributed by atoms with E-state index < -0.39 is 0 Å². The van der Waals surface area contributed by atoms with E-state index in [9.17, 15) is 4.39 Å². The molecule has 0 aromatic heterocycles. The minimum atomic E-state index is -0.220. The second kappa shape index (κ2) is 9.04. The van der Waals surface area contributed by atoms with Gasteiger partial charge in [0, 0.05) is 10.6 Å². The Labute approximate surface area is 174 Å². The summed E-state index contributed by atoms with van der Waals surface area (Å²) in [5, 5.41) is 3.45. The summed E-state index contributed by atoms with van der Waals surface area (Å²) in [6.45, 7) is 19.1. The Morgan fingerprint density at radius 1 is 1.00 bits per heavy atom. The van der Waals surface area contributed by atoms with Crippen LogP contribution in [0.25, 0.3) is 0 Å². The Bertz CT molecular complexity index is 809. The number of rotatable bonds is 7. The average Bonchev–Trinajstić information content (AvgIpc) is 2.58. The number of nitrogens with one attached hydrogen (secondary N) is 2. The zero-order valence-corrected chi connectivity index (χ0v) is 18.9. The smallest absolute Gasteiger partial charge is 0.124 e. The molecule has 2 rings (SSSR count). The van der Waals surface area contributed by atoms with Crippen LogP contribution >= 0.6 is 11.9 Å². The first-order chi connectivity index (χ1) is 13.0. The zero-order valence-electron chi connectivity index (χ0n) is 18.1. The van der Waals surface area contributed by atoms with Crippen molar-refractivity contribution >= 4 is 17.6 Å². The van der Waals surface area contributed by atoms with Gasteiger partial charge in [0.25, 0.3) is 0 Å². The molecule has 2 N–H and O–H groups in total. The Hall–Kier alpha value is -1.94. The molecule has 0 unspecified atom stereocenters. The highest BCUT2D eigenvalue weighted by Crippen LogP contribution is 2.33. The molecular weight excluding hydrogens is 367 g/mol. The van der Waals surface area contributed by atoms with E-state index in [4.69, 9.17) is 0 Å². The summed E-state index contributed by atoms with van der Waals surface area (Å²) < 4.78 is 17.3. The van der Waals surface area contributed by atoms with E-state index in [1.807, 2.05) is 6.07 Å². The van der Waals surface area contributed by atoms with Crippen LogP contribution < -0.4 is 10.0 Å². The molecule has 0 saturated carbocycles. The van der Waals surface area contributed by atoms with Gasteiger partial charge in [-0.25, -0.2) is 4.39 Å². The van der Waals surface area contributed by atoms with Gasteiger partial charge in [-0.2, -0.15) is 0 Å². The predicted molar refractivity (Wildman–Crippen MR) is 121 cm³/mol. The van der Waals surface area contributed by atoms with Crippen LogP contribution in [0, 0.1) is 5.82 Å². The van der Waals surface area contributed by atoms with Crippen molar-refractivity contribution in [2.75, 3.05) is 5.32 Å². The van der Waals surface area contributed by atoms with E-state index in [-0.39, 0.29) is 11.2 Å². The maximum Gasteiger partial charge on any atom is 0.124 e. The number of halogens is 1. The highest BCUT2D eigenvalue weighted by atomic mass is 32.2. The lowest BCUT2D eigenvalue weighted by Crippen LogP contribution is -2.15. The summed E-state index contributed by atoms with van der Waals surface area (Å²) in [4.78, 5) is 0.828. The molecule has 0 atom stereocenters. The van der Waals surface area contributed by atoms with Gasteiger partial charge >= 0.3 is 0 Å². The van der Waals surface area contributed by atoms with Gasteiger partial charge in [0.15, 0.2) is 0 Å². The molecule has 0 aliphatic heterocycles. The number of benzene rings is 2. The van der Waals surface area contributed by atoms with Crippen molar-refractivity contribution in [2.24, 2.45) is 0 Å². The quantitative estimate of drug-likeness (QED) is 0.469. The molecule has 0 radical (unpaired) electrons. The third-order valence-corrected chi connectivity index (χ3v) is 5.50. The largest absolute Gasteiger partial charge is 0.341 e. The van der Waals surface area contributed by atoms with E-state index in [1.165, 1.54) is 23.1 Å². The maximum absolute atomic E-state index is 14.0. The van der Waals surface area contributed by atoms with Gasteiger partial charge in [-0.15, -0.1) is 0 Å². The van der Waals surface area contributed by atoms with E-state index in [2.05, 4.69) is 83.3 Å². The molecule has 0 aliphatic rings. The summed E-state index contributed by atoms with van der Waals surface area (Å²) in [6.07, 6.45) is 0. The summed E-state index contributed by atoms with van der Waals surface area (Å²) in [5.74, 6) is 1.27. The van der Waals surface area contributed by atoms with Gasteiger partial charge in [-0.05, 0) is 64.1 Å². The van der Waals surface area contributed by atoms with Gasteiger partial charge < -0.3 is 10.0 Å². The fraction of sp³-hybridized carbons (Fsp3) is 0.417.